The van der Waals surface area contributed by atoms with E-state index in [9.17, 15) is 22.8 Å². The van der Waals surface area contributed by atoms with Gasteiger partial charge >= 0.3 is 0 Å². The molecule has 2 aromatic rings. The fourth-order valence-corrected chi connectivity index (χ4v) is 2.81. The molecule has 2 aromatic carbocycles. The molecule has 0 bridgehead atoms. The number of aryl methyl sites for hydroxylation is 1. The summed E-state index contributed by atoms with van der Waals surface area (Å²) in [6.07, 6.45) is 1.51. The average Bonchev–Trinajstić information content (AvgIpc) is 2.75. The zero-order valence-electron chi connectivity index (χ0n) is 16.3. The van der Waals surface area contributed by atoms with Crippen molar-refractivity contribution in [3.63, 3.8) is 0 Å². The number of nitrogens with one attached hydrogen (secondary N) is 2. The molecule has 0 aliphatic carbocycles. The van der Waals surface area contributed by atoms with Gasteiger partial charge in [-0.15, -0.1) is 0 Å². The third-order valence-corrected chi connectivity index (χ3v) is 4.55. The highest BCUT2D eigenvalue weighted by Crippen LogP contribution is 2.20. The molecule has 162 valence electrons. The van der Waals surface area contributed by atoms with Crippen LogP contribution in [0.25, 0.3) is 0 Å². The third-order valence-electron chi connectivity index (χ3n) is 4.55. The number of carbonyl (C=O) groups is 2. The molecular weight excluding hydrogens is 397 g/mol. The van der Waals surface area contributed by atoms with E-state index in [1.807, 2.05) is 30.3 Å². The van der Waals surface area contributed by atoms with E-state index >= 15 is 0 Å². The highest BCUT2D eigenvalue weighted by atomic mass is 19.2. The van der Waals surface area contributed by atoms with Gasteiger partial charge in [0.15, 0.2) is 17.5 Å². The topological polar surface area (TPSA) is 110 Å². The molecule has 0 saturated carbocycles. The molecule has 0 fully saturated rings. The maximum absolute atomic E-state index is 13.9. The maximum atomic E-state index is 13.9. The maximum Gasteiger partial charge on any atom is 0.247 e. The molecule has 9 heteroatoms. The predicted octanol–water partition coefficient (Wildman–Crippen LogP) is 2.23. The minimum absolute atomic E-state index is 0.191. The predicted molar refractivity (Wildman–Crippen MR) is 108 cm³/mol. The standard InChI is InChI=1S/C21H25F3N4O2/c22-14-9-11-16(19(24)18(14)23)27-21(30)17(10-8-13-5-2-1-3-6-13)28-20(29)15(26)7-4-12-25/h1-3,5-6,9,11,15,17H,4,7-8,10,12,25-26H2,(H,27,30)(H,28,29)/t15-,17+/m0/s1. The monoisotopic (exact) mass is 422 g/mol. The van der Waals surface area contributed by atoms with Gasteiger partial charge in [0.1, 0.15) is 6.04 Å². The summed E-state index contributed by atoms with van der Waals surface area (Å²) >= 11 is 0. The Kier molecular flexibility index (Phi) is 8.82. The van der Waals surface area contributed by atoms with Crippen LogP contribution < -0.4 is 22.1 Å². The summed E-state index contributed by atoms with van der Waals surface area (Å²) in [5.74, 6) is -5.90. The van der Waals surface area contributed by atoms with Crippen LogP contribution in [0.1, 0.15) is 24.8 Å². The van der Waals surface area contributed by atoms with Crippen molar-refractivity contribution in [2.24, 2.45) is 11.5 Å². The van der Waals surface area contributed by atoms with Crippen LogP contribution in [0.3, 0.4) is 0 Å². The van der Waals surface area contributed by atoms with E-state index in [1.165, 1.54) is 0 Å². The molecular formula is C21H25F3N4O2. The van der Waals surface area contributed by atoms with Crippen molar-refractivity contribution in [1.29, 1.82) is 0 Å². The Labute approximate surface area is 172 Å². The number of carbonyl (C=O) groups excluding carboxylic acids is 2. The molecule has 0 radical (unpaired) electrons. The van der Waals surface area contributed by atoms with Crippen molar-refractivity contribution in [3.8, 4) is 0 Å². The molecule has 0 aliphatic heterocycles. The molecule has 6 nitrogen and oxygen atoms in total. The van der Waals surface area contributed by atoms with Gasteiger partial charge in [-0.1, -0.05) is 30.3 Å². The van der Waals surface area contributed by atoms with Gasteiger partial charge in [-0.05, 0) is 49.9 Å². The van der Waals surface area contributed by atoms with E-state index in [2.05, 4.69) is 10.6 Å². The number of hydrogen-bond acceptors (Lipinski definition) is 4. The van der Waals surface area contributed by atoms with Crippen LogP contribution in [0.15, 0.2) is 42.5 Å². The van der Waals surface area contributed by atoms with E-state index in [4.69, 9.17) is 11.5 Å². The van der Waals surface area contributed by atoms with E-state index in [0.717, 1.165) is 11.6 Å². The molecule has 0 spiro atoms. The first-order chi connectivity index (χ1) is 14.3. The zero-order chi connectivity index (χ0) is 22.1. The van der Waals surface area contributed by atoms with Gasteiger partial charge in [0.2, 0.25) is 11.8 Å². The van der Waals surface area contributed by atoms with E-state index < -0.39 is 47.0 Å². The second-order valence-electron chi connectivity index (χ2n) is 6.84. The van der Waals surface area contributed by atoms with Gasteiger partial charge in [-0.3, -0.25) is 9.59 Å². The molecule has 30 heavy (non-hydrogen) atoms. The zero-order valence-corrected chi connectivity index (χ0v) is 16.3. The summed E-state index contributed by atoms with van der Waals surface area (Å²) in [5.41, 5.74) is 11.6. The van der Waals surface area contributed by atoms with Gasteiger partial charge in [-0.2, -0.15) is 0 Å². The number of rotatable bonds is 10. The molecule has 2 atom stereocenters. The second-order valence-corrected chi connectivity index (χ2v) is 6.84. The first kappa shape index (κ1) is 23.4. The molecule has 6 N–H and O–H groups in total. The quantitative estimate of drug-likeness (QED) is 0.440. The smallest absolute Gasteiger partial charge is 0.247 e. The Morgan fingerprint density at radius 1 is 0.933 bits per heavy atom. The van der Waals surface area contributed by atoms with Gasteiger partial charge in [-0.25, -0.2) is 13.2 Å². The van der Waals surface area contributed by atoms with Crippen molar-refractivity contribution >= 4 is 17.5 Å². The Balaban J connectivity index is 2.13. The fourth-order valence-electron chi connectivity index (χ4n) is 2.81. The van der Waals surface area contributed by atoms with Crippen LogP contribution in [0.2, 0.25) is 0 Å². The lowest BCUT2D eigenvalue weighted by molar-refractivity contribution is -0.127. The number of hydrogen-bond donors (Lipinski definition) is 4. The summed E-state index contributed by atoms with van der Waals surface area (Å²) in [5, 5.41) is 4.76. The fraction of sp³-hybridized carbons (Fsp3) is 0.333. The highest BCUT2D eigenvalue weighted by molar-refractivity contribution is 5.97. The molecule has 0 aromatic heterocycles. The summed E-state index contributed by atoms with van der Waals surface area (Å²) in [6.45, 7) is 0.369. The summed E-state index contributed by atoms with van der Waals surface area (Å²) in [4.78, 5) is 25.0. The Morgan fingerprint density at radius 2 is 1.63 bits per heavy atom. The number of halogens is 3. The molecule has 2 rings (SSSR count). The summed E-state index contributed by atoms with van der Waals surface area (Å²) in [7, 11) is 0. The number of anilines is 1. The Morgan fingerprint density at radius 3 is 2.30 bits per heavy atom. The van der Waals surface area contributed by atoms with Crippen LogP contribution in [-0.2, 0) is 16.0 Å². The second kappa shape index (κ2) is 11.3. The Bertz CT molecular complexity index is 865. The van der Waals surface area contributed by atoms with Crippen LogP contribution in [0.5, 0.6) is 0 Å². The largest absolute Gasteiger partial charge is 0.343 e. The van der Waals surface area contributed by atoms with Gasteiger partial charge in [0, 0.05) is 0 Å². The minimum atomic E-state index is -1.69. The normalized spacial score (nSPS) is 12.8. The van der Waals surface area contributed by atoms with E-state index in [-0.39, 0.29) is 6.42 Å². The van der Waals surface area contributed by atoms with Crippen LogP contribution in [-0.4, -0.2) is 30.4 Å². The molecule has 0 aliphatic rings. The number of nitrogens with two attached hydrogens (primary N) is 2. The van der Waals surface area contributed by atoms with Crippen molar-refractivity contribution in [3.05, 3.63) is 65.5 Å². The first-order valence-corrected chi connectivity index (χ1v) is 9.57. The molecule has 0 unspecified atom stereocenters. The lowest BCUT2D eigenvalue weighted by atomic mass is 10.0. The SMILES string of the molecule is NCCC[C@H](N)C(=O)N[C@H](CCc1ccccc1)C(=O)Nc1ccc(F)c(F)c1F. The number of amides is 2. The first-order valence-electron chi connectivity index (χ1n) is 9.57. The van der Waals surface area contributed by atoms with Crippen molar-refractivity contribution in [2.75, 3.05) is 11.9 Å². The van der Waals surface area contributed by atoms with Gasteiger partial charge in [0.25, 0.3) is 0 Å². The lowest BCUT2D eigenvalue weighted by Gasteiger charge is -2.21. The van der Waals surface area contributed by atoms with Crippen LogP contribution in [0, 0.1) is 17.5 Å². The lowest BCUT2D eigenvalue weighted by Crippen LogP contribution is -2.50. The summed E-state index contributed by atoms with van der Waals surface area (Å²) in [6, 6.07) is 8.93. The Hall–Kier alpha value is -2.91. The molecule has 2 amide bonds. The molecule has 0 saturated heterocycles. The van der Waals surface area contributed by atoms with E-state index in [1.54, 1.807) is 0 Å². The van der Waals surface area contributed by atoms with Gasteiger partial charge < -0.3 is 22.1 Å². The van der Waals surface area contributed by atoms with E-state index in [0.29, 0.717) is 31.9 Å². The summed E-state index contributed by atoms with van der Waals surface area (Å²) < 4.78 is 40.5. The van der Waals surface area contributed by atoms with Gasteiger partial charge in [0.05, 0.1) is 11.7 Å². The van der Waals surface area contributed by atoms with Crippen molar-refractivity contribution in [2.45, 2.75) is 37.8 Å². The average molecular weight is 422 g/mol. The van der Waals surface area contributed by atoms with Crippen molar-refractivity contribution in [1.82, 2.24) is 5.32 Å². The van der Waals surface area contributed by atoms with Crippen LogP contribution in [0.4, 0.5) is 18.9 Å². The van der Waals surface area contributed by atoms with Crippen molar-refractivity contribution < 1.29 is 22.8 Å². The number of benzene rings is 2. The third kappa shape index (κ3) is 6.57. The van der Waals surface area contributed by atoms with Crippen LogP contribution >= 0.6 is 0 Å². The molecule has 0 heterocycles. The highest BCUT2D eigenvalue weighted by Gasteiger charge is 2.25. The minimum Gasteiger partial charge on any atom is -0.343 e.